The Morgan fingerprint density at radius 1 is 1.62 bits per heavy atom. The number of nitrogens with two attached hydrogens (primary N) is 1. The van der Waals surface area contributed by atoms with Crippen LogP contribution in [0.5, 0.6) is 0 Å². The fourth-order valence-electron chi connectivity index (χ4n) is 1.52. The standard InChI is InChI=1S/C7H13N5S/c1-11-2-3-12(8)7(5-11)6-4-9-13-10-6/h4,7H,2-3,5,8H2,1H3. The van der Waals surface area contributed by atoms with Gasteiger partial charge in [0.05, 0.1) is 29.7 Å². The number of hydrazine groups is 1. The molecule has 1 aliphatic rings. The van der Waals surface area contributed by atoms with E-state index in [9.17, 15) is 0 Å². The van der Waals surface area contributed by atoms with Gasteiger partial charge >= 0.3 is 0 Å². The highest BCUT2D eigenvalue weighted by molar-refractivity contribution is 6.99. The van der Waals surface area contributed by atoms with Crippen LogP contribution >= 0.6 is 11.7 Å². The summed E-state index contributed by atoms with van der Waals surface area (Å²) in [5, 5.41) is 1.84. The van der Waals surface area contributed by atoms with Gasteiger partial charge in [-0.15, -0.1) is 0 Å². The number of hydrogen-bond acceptors (Lipinski definition) is 6. The van der Waals surface area contributed by atoms with Crippen LogP contribution in [0.1, 0.15) is 11.7 Å². The van der Waals surface area contributed by atoms with Gasteiger partial charge in [0, 0.05) is 19.6 Å². The Bertz CT molecular complexity index is 262. The molecule has 1 aliphatic heterocycles. The Kier molecular flexibility index (Phi) is 2.54. The predicted molar refractivity (Wildman–Crippen MR) is 51.0 cm³/mol. The molecule has 1 unspecified atom stereocenters. The van der Waals surface area contributed by atoms with Crippen molar-refractivity contribution in [1.29, 1.82) is 0 Å². The molecule has 5 nitrogen and oxygen atoms in total. The smallest absolute Gasteiger partial charge is 0.0941 e. The first kappa shape index (κ1) is 9.01. The number of nitrogens with zero attached hydrogens (tertiary/aromatic N) is 4. The summed E-state index contributed by atoms with van der Waals surface area (Å²) >= 11 is 1.24. The molecule has 1 aromatic rings. The normalized spacial score (nSPS) is 26.5. The minimum absolute atomic E-state index is 0.206. The zero-order valence-electron chi connectivity index (χ0n) is 7.55. The highest BCUT2D eigenvalue weighted by atomic mass is 32.1. The molecule has 6 heteroatoms. The fraction of sp³-hybridized carbons (Fsp3) is 0.714. The van der Waals surface area contributed by atoms with Crippen molar-refractivity contribution in [3.05, 3.63) is 11.9 Å². The molecule has 1 aromatic heterocycles. The summed E-state index contributed by atoms with van der Waals surface area (Å²) in [4.78, 5) is 2.26. The summed E-state index contributed by atoms with van der Waals surface area (Å²) in [5.41, 5.74) is 0.985. The monoisotopic (exact) mass is 199 g/mol. The SMILES string of the molecule is CN1CCN(N)C(c2cnsn2)C1. The third kappa shape index (κ3) is 1.86. The summed E-state index contributed by atoms with van der Waals surface area (Å²) in [6, 6.07) is 0.206. The third-order valence-electron chi connectivity index (χ3n) is 2.34. The summed E-state index contributed by atoms with van der Waals surface area (Å²) in [6.07, 6.45) is 1.80. The maximum Gasteiger partial charge on any atom is 0.0941 e. The van der Waals surface area contributed by atoms with E-state index in [1.165, 1.54) is 11.7 Å². The number of aromatic nitrogens is 2. The number of hydrogen-bond donors (Lipinski definition) is 1. The number of likely N-dealkylation sites (N-methyl/N-ethyl adjacent to an activating group) is 1. The molecule has 13 heavy (non-hydrogen) atoms. The van der Waals surface area contributed by atoms with Gasteiger partial charge in [-0.1, -0.05) is 0 Å². The number of piperazine rings is 1. The van der Waals surface area contributed by atoms with Crippen LogP contribution in [-0.2, 0) is 0 Å². The van der Waals surface area contributed by atoms with Gasteiger partial charge in [-0.2, -0.15) is 8.75 Å². The highest BCUT2D eigenvalue weighted by Crippen LogP contribution is 2.19. The molecule has 0 bridgehead atoms. The lowest BCUT2D eigenvalue weighted by molar-refractivity contribution is 0.0885. The van der Waals surface area contributed by atoms with Gasteiger partial charge in [0.25, 0.3) is 0 Å². The molecule has 1 fully saturated rings. The van der Waals surface area contributed by atoms with Crippen molar-refractivity contribution in [2.45, 2.75) is 6.04 Å². The van der Waals surface area contributed by atoms with Crippen molar-refractivity contribution in [2.24, 2.45) is 5.84 Å². The Balaban J connectivity index is 2.12. The van der Waals surface area contributed by atoms with Crippen LogP contribution < -0.4 is 5.84 Å². The Hall–Kier alpha value is -0.560. The first-order valence-corrected chi connectivity index (χ1v) is 4.98. The van der Waals surface area contributed by atoms with E-state index in [4.69, 9.17) is 5.84 Å². The van der Waals surface area contributed by atoms with Gasteiger partial charge in [-0.3, -0.25) is 5.84 Å². The second-order valence-corrected chi connectivity index (χ2v) is 3.90. The minimum Gasteiger partial charge on any atom is -0.303 e. The summed E-state index contributed by atoms with van der Waals surface area (Å²) < 4.78 is 8.19. The average Bonchev–Trinajstić information content (AvgIpc) is 2.61. The van der Waals surface area contributed by atoms with Crippen molar-refractivity contribution in [2.75, 3.05) is 26.7 Å². The zero-order valence-corrected chi connectivity index (χ0v) is 8.37. The predicted octanol–water partition coefficient (Wildman–Crippen LogP) is -0.300. The summed E-state index contributed by atoms with van der Waals surface area (Å²) in [5.74, 6) is 5.88. The second-order valence-electron chi connectivity index (χ2n) is 3.35. The maximum absolute atomic E-state index is 5.88. The van der Waals surface area contributed by atoms with E-state index in [1.54, 1.807) is 6.20 Å². The lowest BCUT2D eigenvalue weighted by Crippen LogP contribution is -2.50. The van der Waals surface area contributed by atoms with Crippen molar-refractivity contribution in [3.63, 3.8) is 0 Å². The Morgan fingerprint density at radius 3 is 3.15 bits per heavy atom. The van der Waals surface area contributed by atoms with E-state index in [0.717, 1.165) is 25.3 Å². The van der Waals surface area contributed by atoms with Crippen molar-refractivity contribution in [1.82, 2.24) is 18.7 Å². The van der Waals surface area contributed by atoms with E-state index in [2.05, 4.69) is 20.7 Å². The van der Waals surface area contributed by atoms with Crippen LogP contribution in [0.2, 0.25) is 0 Å². The molecular weight excluding hydrogens is 186 g/mol. The fourth-order valence-corrected chi connectivity index (χ4v) is 1.98. The molecule has 0 aliphatic carbocycles. The molecule has 0 aromatic carbocycles. The van der Waals surface area contributed by atoms with Crippen LogP contribution in [0.3, 0.4) is 0 Å². The molecular formula is C7H13N5S. The molecule has 72 valence electrons. The topological polar surface area (TPSA) is 58.3 Å². The molecule has 0 spiro atoms. The Labute approximate surface area is 81.4 Å². The first-order valence-electron chi connectivity index (χ1n) is 4.24. The summed E-state index contributed by atoms with van der Waals surface area (Å²) in [6.45, 7) is 2.84. The van der Waals surface area contributed by atoms with Crippen LogP contribution in [-0.4, -0.2) is 45.3 Å². The van der Waals surface area contributed by atoms with Gasteiger partial charge < -0.3 is 4.90 Å². The van der Waals surface area contributed by atoms with Crippen molar-refractivity contribution >= 4 is 11.7 Å². The van der Waals surface area contributed by atoms with Crippen molar-refractivity contribution < 1.29 is 0 Å². The lowest BCUT2D eigenvalue weighted by atomic mass is 10.1. The molecule has 2 heterocycles. The zero-order chi connectivity index (χ0) is 9.26. The average molecular weight is 199 g/mol. The van der Waals surface area contributed by atoms with Crippen LogP contribution in [0.25, 0.3) is 0 Å². The van der Waals surface area contributed by atoms with Crippen LogP contribution in [0, 0.1) is 0 Å². The quantitative estimate of drug-likeness (QED) is 0.629. The molecule has 0 radical (unpaired) electrons. The van der Waals surface area contributed by atoms with Gasteiger partial charge in [-0.25, -0.2) is 5.01 Å². The Morgan fingerprint density at radius 2 is 2.46 bits per heavy atom. The van der Waals surface area contributed by atoms with E-state index in [1.807, 2.05) is 5.01 Å². The summed E-state index contributed by atoms with van der Waals surface area (Å²) in [7, 11) is 2.10. The molecule has 1 saturated heterocycles. The molecule has 2 rings (SSSR count). The molecule has 0 amide bonds. The van der Waals surface area contributed by atoms with Crippen molar-refractivity contribution in [3.8, 4) is 0 Å². The molecule has 1 atom stereocenters. The van der Waals surface area contributed by atoms with Gasteiger partial charge in [-0.05, 0) is 7.05 Å². The van der Waals surface area contributed by atoms with Crippen LogP contribution in [0.4, 0.5) is 0 Å². The van der Waals surface area contributed by atoms with E-state index in [0.29, 0.717) is 0 Å². The second kappa shape index (κ2) is 3.67. The maximum atomic E-state index is 5.88. The molecule has 0 saturated carbocycles. The van der Waals surface area contributed by atoms with Crippen LogP contribution in [0.15, 0.2) is 6.20 Å². The largest absolute Gasteiger partial charge is 0.303 e. The first-order chi connectivity index (χ1) is 6.27. The van der Waals surface area contributed by atoms with E-state index >= 15 is 0 Å². The van der Waals surface area contributed by atoms with Gasteiger partial charge in [0.1, 0.15) is 0 Å². The van der Waals surface area contributed by atoms with E-state index < -0.39 is 0 Å². The van der Waals surface area contributed by atoms with Gasteiger partial charge in [0.2, 0.25) is 0 Å². The van der Waals surface area contributed by atoms with Gasteiger partial charge in [0.15, 0.2) is 0 Å². The van der Waals surface area contributed by atoms with E-state index in [-0.39, 0.29) is 6.04 Å². The third-order valence-corrected chi connectivity index (χ3v) is 2.84. The molecule has 2 N–H and O–H groups in total. The number of rotatable bonds is 1. The highest BCUT2D eigenvalue weighted by Gasteiger charge is 2.25. The lowest BCUT2D eigenvalue weighted by Gasteiger charge is -2.35. The minimum atomic E-state index is 0.206.